The molecule has 1 unspecified atom stereocenters. The van der Waals surface area contributed by atoms with E-state index in [2.05, 4.69) is 13.8 Å². The average molecular weight is 237 g/mol. The Morgan fingerprint density at radius 2 is 1.82 bits per heavy atom. The normalized spacial score (nSPS) is 14.6. The summed E-state index contributed by atoms with van der Waals surface area (Å²) in [6.07, 6.45) is 5.62. The van der Waals surface area contributed by atoms with Crippen LogP contribution < -0.4 is 5.73 Å². The molecular formula is C15H24FN. The van der Waals surface area contributed by atoms with Crippen molar-refractivity contribution in [2.75, 3.05) is 6.54 Å². The second-order valence-corrected chi connectivity index (χ2v) is 4.96. The lowest BCUT2D eigenvalue weighted by molar-refractivity contribution is 0.251. The van der Waals surface area contributed by atoms with Crippen molar-refractivity contribution in [2.24, 2.45) is 11.1 Å². The quantitative estimate of drug-likeness (QED) is 0.764. The summed E-state index contributed by atoms with van der Waals surface area (Å²) in [6, 6.07) is 6.82. The topological polar surface area (TPSA) is 26.0 Å². The fourth-order valence-corrected chi connectivity index (χ4v) is 2.30. The van der Waals surface area contributed by atoms with Gasteiger partial charge in [-0.1, -0.05) is 38.8 Å². The van der Waals surface area contributed by atoms with Gasteiger partial charge in [0.05, 0.1) is 0 Å². The average Bonchev–Trinajstić information content (AvgIpc) is 2.37. The van der Waals surface area contributed by atoms with E-state index in [9.17, 15) is 4.39 Å². The molecule has 2 heteroatoms. The minimum atomic E-state index is -0.169. The molecule has 96 valence electrons. The van der Waals surface area contributed by atoms with Crippen LogP contribution in [0.25, 0.3) is 0 Å². The van der Waals surface area contributed by atoms with Gasteiger partial charge >= 0.3 is 0 Å². The van der Waals surface area contributed by atoms with Gasteiger partial charge in [-0.15, -0.1) is 0 Å². The van der Waals surface area contributed by atoms with Crippen molar-refractivity contribution in [3.8, 4) is 0 Å². The lowest BCUT2D eigenvalue weighted by Gasteiger charge is -2.31. The van der Waals surface area contributed by atoms with Gasteiger partial charge in [0.25, 0.3) is 0 Å². The molecule has 0 heterocycles. The second kappa shape index (κ2) is 6.75. The molecule has 0 aromatic heterocycles. The molecule has 0 amide bonds. The Hall–Kier alpha value is -0.890. The number of halogens is 1. The van der Waals surface area contributed by atoms with Crippen LogP contribution in [0.15, 0.2) is 24.3 Å². The van der Waals surface area contributed by atoms with Gasteiger partial charge in [-0.25, -0.2) is 4.39 Å². The first-order valence-electron chi connectivity index (χ1n) is 6.60. The van der Waals surface area contributed by atoms with Crippen LogP contribution in [0, 0.1) is 11.2 Å². The zero-order chi connectivity index (χ0) is 12.7. The Morgan fingerprint density at radius 1 is 1.18 bits per heavy atom. The van der Waals surface area contributed by atoms with E-state index in [1.807, 2.05) is 12.1 Å². The fourth-order valence-electron chi connectivity index (χ4n) is 2.30. The predicted molar refractivity (Wildman–Crippen MR) is 71.4 cm³/mol. The molecule has 1 rings (SSSR count). The number of benzene rings is 1. The maximum atomic E-state index is 12.9. The highest BCUT2D eigenvalue weighted by atomic mass is 19.1. The first-order chi connectivity index (χ1) is 8.15. The maximum Gasteiger partial charge on any atom is 0.123 e. The van der Waals surface area contributed by atoms with Crippen LogP contribution in [0.5, 0.6) is 0 Å². The summed E-state index contributed by atoms with van der Waals surface area (Å²) in [6.45, 7) is 5.11. The zero-order valence-corrected chi connectivity index (χ0v) is 11.0. The highest BCUT2D eigenvalue weighted by Gasteiger charge is 2.26. The highest BCUT2D eigenvalue weighted by Crippen LogP contribution is 2.32. The molecular weight excluding hydrogens is 213 g/mol. The molecule has 1 aromatic rings. The van der Waals surface area contributed by atoms with Crippen molar-refractivity contribution in [1.29, 1.82) is 0 Å². The molecule has 0 aliphatic rings. The van der Waals surface area contributed by atoms with Gasteiger partial charge in [0.15, 0.2) is 0 Å². The molecule has 0 fully saturated rings. The molecule has 0 saturated carbocycles. The summed E-state index contributed by atoms with van der Waals surface area (Å²) >= 11 is 0. The van der Waals surface area contributed by atoms with Gasteiger partial charge < -0.3 is 5.73 Å². The van der Waals surface area contributed by atoms with Crippen molar-refractivity contribution in [3.63, 3.8) is 0 Å². The molecule has 1 atom stereocenters. The van der Waals surface area contributed by atoms with E-state index in [-0.39, 0.29) is 11.2 Å². The summed E-state index contributed by atoms with van der Waals surface area (Å²) in [5, 5.41) is 0. The monoisotopic (exact) mass is 237 g/mol. The van der Waals surface area contributed by atoms with Crippen LogP contribution in [0.1, 0.15) is 45.1 Å². The maximum absolute atomic E-state index is 12.9. The van der Waals surface area contributed by atoms with Crippen molar-refractivity contribution in [1.82, 2.24) is 0 Å². The Labute approximate surface area is 104 Å². The third-order valence-corrected chi connectivity index (χ3v) is 3.74. The molecule has 17 heavy (non-hydrogen) atoms. The van der Waals surface area contributed by atoms with E-state index in [0.717, 1.165) is 19.3 Å². The van der Waals surface area contributed by atoms with Crippen LogP contribution >= 0.6 is 0 Å². The van der Waals surface area contributed by atoms with Crippen molar-refractivity contribution in [2.45, 2.75) is 46.0 Å². The van der Waals surface area contributed by atoms with Gasteiger partial charge in [-0.2, -0.15) is 0 Å². The fraction of sp³-hybridized carbons (Fsp3) is 0.600. The van der Waals surface area contributed by atoms with E-state index in [0.29, 0.717) is 6.54 Å². The predicted octanol–water partition coefficient (Wildman–Crippen LogP) is 3.91. The first kappa shape index (κ1) is 14.2. The van der Waals surface area contributed by atoms with Crippen molar-refractivity contribution < 1.29 is 4.39 Å². The minimum absolute atomic E-state index is 0.169. The summed E-state index contributed by atoms with van der Waals surface area (Å²) < 4.78 is 12.9. The number of rotatable bonds is 7. The van der Waals surface area contributed by atoms with Crippen LogP contribution in [0.3, 0.4) is 0 Å². The lowest BCUT2D eigenvalue weighted by Crippen LogP contribution is -2.32. The molecule has 0 aliphatic carbocycles. The second-order valence-electron chi connectivity index (χ2n) is 4.96. The highest BCUT2D eigenvalue weighted by molar-refractivity contribution is 5.18. The standard InChI is InChI=1S/C15H24FN/c1-3-5-10-15(4-2,12-17)11-13-6-8-14(16)9-7-13/h6-9H,3-5,10-12,17H2,1-2H3. The summed E-state index contributed by atoms with van der Waals surface area (Å²) in [5.41, 5.74) is 7.34. The molecule has 0 saturated heterocycles. The first-order valence-corrected chi connectivity index (χ1v) is 6.60. The summed E-state index contributed by atoms with van der Waals surface area (Å²) in [5.74, 6) is -0.169. The lowest BCUT2D eigenvalue weighted by atomic mass is 9.75. The third-order valence-electron chi connectivity index (χ3n) is 3.74. The number of unbranched alkanes of at least 4 members (excludes halogenated alkanes) is 1. The van der Waals surface area contributed by atoms with Crippen LogP contribution in [0.4, 0.5) is 4.39 Å². The van der Waals surface area contributed by atoms with Gasteiger partial charge in [-0.3, -0.25) is 0 Å². The van der Waals surface area contributed by atoms with E-state index < -0.39 is 0 Å². The zero-order valence-electron chi connectivity index (χ0n) is 11.0. The Bertz CT molecular complexity index is 314. The molecule has 0 spiro atoms. The Morgan fingerprint density at radius 3 is 2.29 bits per heavy atom. The van der Waals surface area contributed by atoms with E-state index in [1.54, 1.807) is 0 Å². The molecule has 2 N–H and O–H groups in total. The van der Waals surface area contributed by atoms with E-state index >= 15 is 0 Å². The Kier molecular flexibility index (Phi) is 5.63. The van der Waals surface area contributed by atoms with Crippen LogP contribution in [-0.4, -0.2) is 6.54 Å². The molecule has 0 aliphatic heterocycles. The number of hydrogen-bond donors (Lipinski definition) is 1. The van der Waals surface area contributed by atoms with Crippen LogP contribution in [-0.2, 0) is 6.42 Å². The van der Waals surface area contributed by atoms with Gasteiger partial charge in [-0.05, 0) is 48.9 Å². The summed E-state index contributed by atoms with van der Waals surface area (Å²) in [7, 11) is 0. The smallest absolute Gasteiger partial charge is 0.123 e. The van der Waals surface area contributed by atoms with Gasteiger partial charge in [0.1, 0.15) is 5.82 Å². The SMILES string of the molecule is CCCCC(CC)(CN)Cc1ccc(F)cc1. The van der Waals surface area contributed by atoms with Crippen LogP contribution in [0.2, 0.25) is 0 Å². The molecule has 0 bridgehead atoms. The van der Waals surface area contributed by atoms with E-state index in [4.69, 9.17) is 5.73 Å². The number of nitrogens with two attached hydrogens (primary N) is 1. The van der Waals surface area contributed by atoms with Gasteiger partial charge in [0, 0.05) is 0 Å². The molecule has 0 radical (unpaired) electrons. The van der Waals surface area contributed by atoms with Crippen molar-refractivity contribution in [3.05, 3.63) is 35.6 Å². The Balaban J connectivity index is 2.74. The largest absolute Gasteiger partial charge is 0.330 e. The van der Waals surface area contributed by atoms with Gasteiger partial charge in [0.2, 0.25) is 0 Å². The summed E-state index contributed by atoms with van der Waals surface area (Å²) in [4.78, 5) is 0. The molecule has 1 aromatic carbocycles. The number of hydrogen-bond acceptors (Lipinski definition) is 1. The molecule has 1 nitrogen and oxygen atoms in total. The van der Waals surface area contributed by atoms with E-state index in [1.165, 1.54) is 30.5 Å². The third kappa shape index (κ3) is 4.12. The minimum Gasteiger partial charge on any atom is -0.330 e. The van der Waals surface area contributed by atoms with Crippen molar-refractivity contribution >= 4 is 0 Å².